The van der Waals surface area contributed by atoms with Gasteiger partial charge in [-0.15, -0.1) is 0 Å². The zero-order valence-corrected chi connectivity index (χ0v) is 9.04. The lowest BCUT2D eigenvalue weighted by molar-refractivity contribution is -0.144. The lowest BCUT2D eigenvalue weighted by Gasteiger charge is -2.39. The fourth-order valence-corrected chi connectivity index (χ4v) is 2.14. The van der Waals surface area contributed by atoms with Crippen molar-refractivity contribution in [2.75, 3.05) is 6.61 Å². The van der Waals surface area contributed by atoms with Gasteiger partial charge >= 0.3 is 0 Å². The molecule has 16 heavy (non-hydrogen) atoms. The van der Waals surface area contributed by atoms with E-state index in [0.29, 0.717) is 6.61 Å². The van der Waals surface area contributed by atoms with Crippen molar-refractivity contribution in [1.29, 1.82) is 0 Å². The third-order valence-electron chi connectivity index (χ3n) is 3.00. The molecule has 2 bridgehead atoms. The van der Waals surface area contributed by atoms with E-state index in [1.54, 1.807) is 19.1 Å². The Kier molecular flexibility index (Phi) is 3.29. The maximum atomic E-state index is 10.0. The first-order valence-electron chi connectivity index (χ1n) is 5.37. The van der Waals surface area contributed by atoms with Gasteiger partial charge < -0.3 is 24.9 Å². The molecule has 0 aromatic heterocycles. The van der Waals surface area contributed by atoms with Crippen LogP contribution in [0.1, 0.15) is 13.3 Å². The van der Waals surface area contributed by atoms with Crippen molar-refractivity contribution < 1.29 is 24.9 Å². The average Bonchev–Trinajstić information content (AvgIpc) is 2.47. The number of hydroxylamine groups is 1. The molecular formula is C10H17NO5. The Bertz CT molecular complexity index is 284. The summed E-state index contributed by atoms with van der Waals surface area (Å²) in [5.41, 5.74) is 1.69. The minimum atomic E-state index is -1.08. The van der Waals surface area contributed by atoms with E-state index in [0.717, 1.165) is 0 Å². The maximum absolute atomic E-state index is 10.0. The Labute approximate surface area is 93.4 Å². The second-order valence-electron chi connectivity index (χ2n) is 4.13. The largest absolute Gasteiger partial charge is 0.388 e. The summed E-state index contributed by atoms with van der Waals surface area (Å²) < 4.78 is 5.15. The molecule has 1 fully saturated rings. The van der Waals surface area contributed by atoms with E-state index >= 15 is 0 Å². The van der Waals surface area contributed by atoms with Gasteiger partial charge in [0, 0.05) is 6.42 Å². The van der Waals surface area contributed by atoms with Crippen LogP contribution in [0.2, 0.25) is 0 Å². The minimum Gasteiger partial charge on any atom is -0.388 e. The number of rotatable bonds is 3. The van der Waals surface area contributed by atoms with Gasteiger partial charge in [-0.3, -0.25) is 0 Å². The van der Waals surface area contributed by atoms with Crippen LogP contribution in [-0.4, -0.2) is 52.1 Å². The first-order valence-corrected chi connectivity index (χ1v) is 5.37. The summed E-state index contributed by atoms with van der Waals surface area (Å²) in [4.78, 5) is 5.08. The SMILES string of the molecule is CCONC12C=CC(OC(O)C1)C(O)C2O. The van der Waals surface area contributed by atoms with E-state index < -0.39 is 30.1 Å². The second kappa shape index (κ2) is 4.40. The van der Waals surface area contributed by atoms with Crippen molar-refractivity contribution >= 4 is 0 Å². The van der Waals surface area contributed by atoms with Crippen molar-refractivity contribution in [3.63, 3.8) is 0 Å². The number of hydrogen-bond donors (Lipinski definition) is 4. The summed E-state index contributed by atoms with van der Waals surface area (Å²) in [6, 6.07) is 0. The first kappa shape index (κ1) is 12.0. The molecule has 3 rings (SSSR count). The highest BCUT2D eigenvalue weighted by atomic mass is 16.7. The molecule has 1 aliphatic carbocycles. The molecule has 1 saturated heterocycles. The summed E-state index contributed by atoms with van der Waals surface area (Å²) in [5.74, 6) is 0. The van der Waals surface area contributed by atoms with Crippen LogP contribution in [0, 0.1) is 0 Å². The summed E-state index contributed by atoms with van der Waals surface area (Å²) >= 11 is 0. The number of aliphatic hydroxyl groups excluding tert-OH is 3. The van der Waals surface area contributed by atoms with E-state index in [9.17, 15) is 15.3 Å². The normalized spacial score (nSPS) is 47.0. The molecule has 5 atom stereocenters. The third-order valence-corrected chi connectivity index (χ3v) is 3.00. The van der Waals surface area contributed by atoms with Crippen LogP contribution in [0.3, 0.4) is 0 Å². The number of ether oxygens (including phenoxy) is 1. The van der Waals surface area contributed by atoms with Crippen LogP contribution in [0.4, 0.5) is 0 Å². The molecule has 0 radical (unpaired) electrons. The van der Waals surface area contributed by atoms with E-state index in [4.69, 9.17) is 9.57 Å². The molecule has 92 valence electrons. The third kappa shape index (κ3) is 1.88. The second-order valence-corrected chi connectivity index (χ2v) is 4.13. The van der Waals surface area contributed by atoms with Gasteiger partial charge in [-0.2, -0.15) is 5.48 Å². The molecule has 6 nitrogen and oxygen atoms in total. The van der Waals surface area contributed by atoms with Crippen molar-refractivity contribution in [2.24, 2.45) is 0 Å². The van der Waals surface area contributed by atoms with Crippen molar-refractivity contribution in [3.05, 3.63) is 12.2 Å². The van der Waals surface area contributed by atoms with Gasteiger partial charge in [-0.25, -0.2) is 0 Å². The Balaban J connectivity index is 2.25. The zero-order valence-electron chi connectivity index (χ0n) is 9.04. The van der Waals surface area contributed by atoms with Crippen LogP contribution in [0.15, 0.2) is 12.2 Å². The van der Waals surface area contributed by atoms with Crippen LogP contribution >= 0.6 is 0 Å². The van der Waals surface area contributed by atoms with Crippen LogP contribution in [0.25, 0.3) is 0 Å². The smallest absolute Gasteiger partial charge is 0.157 e. The Morgan fingerprint density at radius 1 is 1.50 bits per heavy atom. The molecule has 0 amide bonds. The van der Waals surface area contributed by atoms with Gasteiger partial charge in [-0.05, 0) is 6.92 Å². The molecular weight excluding hydrogens is 214 g/mol. The maximum Gasteiger partial charge on any atom is 0.157 e. The standard InChI is InChI=1S/C10H17NO5/c1-2-15-11-10-4-3-6(8(13)9(10)14)16-7(12)5-10/h3-4,6-9,11-14H,2,5H2,1H3. The van der Waals surface area contributed by atoms with Gasteiger partial charge in [0.1, 0.15) is 18.3 Å². The Morgan fingerprint density at radius 3 is 2.94 bits per heavy atom. The Hall–Kier alpha value is -0.500. The molecule has 0 saturated carbocycles. The fourth-order valence-electron chi connectivity index (χ4n) is 2.14. The molecule has 5 unspecified atom stereocenters. The van der Waals surface area contributed by atoms with Gasteiger partial charge in [0.15, 0.2) is 6.29 Å². The van der Waals surface area contributed by atoms with Gasteiger partial charge in [0.25, 0.3) is 0 Å². The van der Waals surface area contributed by atoms with E-state index in [1.165, 1.54) is 0 Å². The average molecular weight is 231 g/mol. The van der Waals surface area contributed by atoms with E-state index in [1.807, 2.05) is 0 Å². The summed E-state index contributed by atoms with van der Waals surface area (Å²) in [6.07, 6.45) is -0.441. The number of fused-ring (bicyclic) bond motifs is 3. The number of aliphatic hydroxyl groups is 3. The molecule has 0 spiro atoms. The zero-order chi connectivity index (χ0) is 11.8. The molecule has 4 N–H and O–H groups in total. The van der Waals surface area contributed by atoms with Crippen molar-refractivity contribution in [1.82, 2.24) is 5.48 Å². The number of nitrogens with one attached hydrogen (secondary N) is 1. The van der Waals surface area contributed by atoms with Crippen LogP contribution in [0.5, 0.6) is 0 Å². The topological polar surface area (TPSA) is 91.2 Å². The first-order chi connectivity index (χ1) is 7.59. The summed E-state index contributed by atoms with van der Waals surface area (Å²) in [5, 5.41) is 29.4. The van der Waals surface area contributed by atoms with Crippen molar-refractivity contribution in [2.45, 2.75) is 43.5 Å². The van der Waals surface area contributed by atoms with Gasteiger partial charge in [0.2, 0.25) is 0 Å². The fraction of sp³-hybridized carbons (Fsp3) is 0.800. The lowest BCUT2D eigenvalue weighted by atomic mass is 9.81. The highest BCUT2D eigenvalue weighted by Gasteiger charge is 2.50. The molecule has 3 aliphatic rings. The molecule has 0 aromatic rings. The number of hydrogen-bond acceptors (Lipinski definition) is 6. The Morgan fingerprint density at radius 2 is 2.25 bits per heavy atom. The summed E-state index contributed by atoms with van der Waals surface area (Å²) in [7, 11) is 0. The predicted molar refractivity (Wildman–Crippen MR) is 54.1 cm³/mol. The van der Waals surface area contributed by atoms with E-state index in [-0.39, 0.29) is 6.42 Å². The minimum absolute atomic E-state index is 0.123. The highest BCUT2D eigenvalue weighted by Crippen LogP contribution is 2.34. The predicted octanol–water partition coefficient (Wildman–Crippen LogP) is -1.33. The lowest BCUT2D eigenvalue weighted by Crippen LogP contribution is -2.60. The van der Waals surface area contributed by atoms with Crippen molar-refractivity contribution in [3.8, 4) is 0 Å². The van der Waals surface area contributed by atoms with Gasteiger partial charge in [-0.1, -0.05) is 12.2 Å². The molecule has 2 heterocycles. The summed E-state index contributed by atoms with van der Waals surface area (Å²) in [6.45, 7) is 2.21. The molecule has 0 aromatic carbocycles. The van der Waals surface area contributed by atoms with Crippen LogP contribution in [-0.2, 0) is 9.57 Å². The molecule has 2 aliphatic heterocycles. The molecule has 6 heteroatoms. The van der Waals surface area contributed by atoms with Crippen LogP contribution < -0.4 is 5.48 Å². The van der Waals surface area contributed by atoms with E-state index in [2.05, 4.69) is 5.48 Å². The quantitative estimate of drug-likeness (QED) is 0.355. The van der Waals surface area contributed by atoms with Gasteiger partial charge in [0.05, 0.1) is 12.1 Å². The highest BCUT2D eigenvalue weighted by molar-refractivity contribution is 5.21. The monoisotopic (exact) mass is 231 g/mol.